The number of carbonyl (C=O) groups excluding carboxylic acids is 1. The number of hydrogen-bond donors (Lipinski definition) is 1. The number of amides is 1. The van der Waals surface area contributed by atoms with Crippen LogP contribution in [0.15, 0.2) is 0 Å². The molecule has 3 heteroatoms. The van der Waals surface area contributed by atoms with E-state index in [2.05, 4.69) is 5.32 Å². The number of carbonyl (C=O) groups is 1. The molecular formula is C9H18FNO. The van der Waals surface area contributed by atoms with E-state index in [-0.39, 0.29) is 18.1 Å². The van der Waals surface area contributed by atoms with Crippen molar-refractivity contribution in [3.05, 3.63) is 0 Å². The van der Waals surface area contributed by atoms with Gasteiger partial charge in [0.15, 0.2) is 0 Å². The number of halogens is 1. The van der Waals surface area contributed by atoms with E-state index in [1.165, 1.54) is 6.92 Å². The van der Waals surface area contributed by atoms with Gasteiger partial charge < -0.3 is 5.32 Å². The van der Waals surface area contributed by atoms with Crippen molar-refractivity contribution in [3.63, 3.8) is 0 Å². The van der Waals surface area contributed by atoms with Crippen molar-refractivity contribution in [3.8, 4) is 0 Å². The molecule has 0 radical (unpaired) electrons. The van der Waals surface area contributed by atoms with Gasteiger partial charge in [0.2, 0.25) is 5.91 Å². The predicted molar refractivity (Wildman–Crippen MR) is 47.7 cm³/mol. The first kappa shape index (κ1) is 11.4. The summed E-state index contributed by atoms with van der Waals surface area (Å²) in [5.74, 6) is -0.0839. The quantitative estimate of drug-likeness (QED) is 0.680. The maximum Gasteiger partial charge on any atom is 0.217 e. The second-order valence-electron chi connectivity index (χ2n) is 3.43. The fourth-order valence-corrected chi connectivity index (χ4v) is 1.44. The van der Waals surface area contributed by atoms with Crippen molar-refractivity contribution in [2.24, 2.45) is 0 Å². The molecule has 0 bridgehead atoms. The van der Waals surface area contributed by atoms with Gasteiger partial charge in [-0.3, -0.25) is 9.18 Å². The Kier molecular flexibility index (Phi) is 4.86. The SMILES string of the molecule is CCCC(C)(CCF)NC(C)=O. The Labute approximate surface area is 73.5 Å². The third-order valence-corrected chi connectivity index (χ3v) is 1.93. The molecule has 0 fully saturated rings. The number of alkyl halides is 1. The average Bonchev–Trinajstić information content (AvgIpc) is 1.85. The minimum absolute atomic E-state index is 0.0839. The maximum absolute atomic E-state index is 12.1. The zero-order valence-corrected chi connectivity index (χ0v) is 8.11. The van der Waals surface area contributed by atoms with Crippen LogP contribution in [0, 0.1) is 0 Å². The van der Waals surface area contributed by atoms with E-state index in [0.29, 0.717) is 6.42 Å². The summed E-state index contributed by atoms with van der Waals surface area (Å²) >= 11 is 0. The van der Waals surface area contributed by atoms with E-state index in [9.17, 15) is 9.18 Å². The van der Waals surface area contributed by atoms with Gasteiger partial charge >= 0.3 is 0 Å². The van der Waals surface area contributed by atoms with Gasteiger partial charge in [-0.25, -0.2) is 0 Å². The molecule has 0 heterocycles. The minimum Gasteiger partial charge on any atom is -0.351 e. The maximum atomic E-state index is 12.1. The molecular weight excluding hydrogens is 157 g/mol. The highest BCUT2D eigenvalue weighted by atomic mass is 19.1. The molecule has 1 unspecified atom stereocenters. The van der Waals surface area contributed by atoms with Crippen LogP contribution in [0.2, 0.25) is 0 Å². The van der Waals surface area contributed by atoms with Gasteiger partial charge in [0.1, 0.15) is 0 Å². The molecule has 0 saturated heterocycles. The Morgan fingerprint density at radius 3 is 2.42 bits per heavy atom. The molecule has 0 aliphatic carbocycles. The summed E-state index contributed by atoms with van der Waals surface area (Å²) in [5, 5.41) is 2.78. The fourth-order valence-electron chi connectivity index (χ4n) is 1.44. The van der Waals surface area contributed by atoms with E-state index < -0.39 is 0 Å². The van der Waals surface area contributed by atoms with E-state index >= 15 is 0 Å². The molecule has 0 aliphatic heterocycles. The van der Waals surface area contributed by atoms with Crippen molar-refractivity contribution in [1.29, 1.82) is 0 Å². The Morgan fingerprint density at radius 1 is 1.50 bits per heavy atom. The second kappa shape index (κ2) is 5.12. The van der Waals surface area contributed by atoms with Crippen LogP contribution in [-0.2, 0) is 4.79 Å². The molecule has 2 nitrogen and oxygen atoms in total. The predicted octanol–water partition coefficient (Wildman–Crippen LogP) is 2.04. The smallest absolute Gasteiger partial charge is 0.217 e. The molecule has 72 valence electrons. The minimum atomic E-state index is -0.378. The van der Waals surface area contributed by atoms with Crippen LogP contribution in [0.5, 0.6) is 0 Å². The summed E-state index contributed by atoms with van der Waals surface area (Å²) in [7, 11) is 0. The average molecular weight is 175 g/mol. The highest BCUT2D eigenvalue weighted by Crippen LogP contribution is 2.16. The lowest BCUT2D eigenvalue weighted by Gasteiger charge is -2.29. The Morgan fingerprint density at radius 2 is 2.08 bits per heavy atom. The lowest BCUT2D eigenvalue weighted by molar-refractivity contribution is -0.120. The molecule has 0 rings (SSSR count). The third kappa shape index (κ3) is 4.31. The van der Waals surface area contributed by atoms with Crippen LogP contribution in [0.3, 0.4) is 0 Å². The first-order chi connectivity index (χ1) is 5.54. The largest absolute Gasteiger partial charge is 0.351 e. The van der Waals surface area contributed by atoms with Crippen LogP contribution >= 0.6 is 0 Å². The standard InChI is InChI=1S/C9H18FNO/c1-4-5-9(3,6-7-10)11-8(2)12/h4-7H2,1-3H3,(H,11,12). The van der Waals surface area contributed by atoms with E-state index in [0.717, 1.165) is 12.8 Å². The van der Waals surface area contributed by atoms with Crippen molar-refractivity contribution in [2.45, 2.75) is 45.6 Å². The summed E-state index contributed by atoms with van der Waals surface area (Å²) in [6.45, 7) is 5.00. The van der Waals surface area contributed by atoms with Crippen molar-refractivity contribution in [1.82, 2.24) is 5.32 Å². The summed E-state index contributed by atoms with van der Waals surface area (Å²) < 4.78 is 12.1. The van der Waals surface area contributed by atoms with E-state index in [1.807, 2.05) is 13.8 Å². The van der Waals surface area contributed by atoms with Gasteiger partial charge in [0.25, 0.3) is 0 Å². The van der Waals surface area contributed by atoms with Crippen molar-refractivity contribution >= 4 is 5.91 Å². The van der Waals surface area contributed by atoms with E-state index in [1.54, 1.807) is 0 Å². The van der Waals surface area contributed by atoms with Crippen molar-refractivity contribution < 1.29 is 9.18 Å². The zero-order chi connectivity index (χ0) is 9.61. The van der Waals surface area contributed by atoms with Gasteiger partial charge in [-0.1, -0.05) is 13.3 Å². The lowest BCUT2D eigenvalue weighted by Crippen LogP contribution is -2.45. The fraction of sp³-hybridized carbons (Fsp3) is 0.889. The van der Waals surface area contributed by atoms with Crippen LogP contribution in [0.25, 0.3) is 0 Å². The van der Waals surface area contributed by atoms with Crippen LogP contribution in [-0.4, -0.2) is 18.1 Å². The van der Waals surface area contributed by atoms with Gasteiger partial charge in [-0.2, -0.15) is 0 Å². The number of nitrogens with one attached hydrogen (secondary N) is 1. The molecule has 0 aromatic carbocycles. The summed E-state index contributed by atoms with van der Waals surface area (Å²) in [6, 6.07) is 0. The van der Waals surface area contributed by atoms with Gasteiger partial charge in [0, 0.05) is 12.5 Å². The van der Waals surface area contributed by atoms with E-state index in [4.69, 9.17) is 0 Å². The van der Waals surface area contributed by atoms with Gasteiger partial charge in [-0.05, 0) is 19.8 Å². The number of hydrogen-bond acceptors (Lipinski definition) is 1. The lowest BCUT2D eigenvalue weighted by atomic mass is 9.93. The van der Waals surface area contributed by atoms with Gasteiger partial charge in [0.05, 0.1) is 6.67 Å². The normalized spacial score (nSPS) is 15.3. The molecule has 1 N–H and O–H groups in total. The summed E-state index contributed by atoms with van der Waals surface area (Å²) in [5.41, 5.74) is -0.352. The first-order valence-electron chi connectivity index (χ1n) is 4.39. The molecule has 0 aliphatic rings. The first-order valence-corrected chi connectivity index (χ1v) is 4.39. The molecule has 0 aromatic rings. The monoisotopic (exact) mass is 175 g/mol. The van der Waals surface area contributed by atoms with Crippen LogP contribution in [0.1, 0.15) is 40.0 Å². The Balaban J connectivity index is 4.07. The topological polar surface area (TPSA) is 29.1 Å². The highest BCUT2D eigenvalue weighted by Gasteiger charge is 2.23. The Bertz CT molecular complexity index is 141. The third-order valence-electron chi connectivity index (χ3n) is 1.93. The van der Waals surface area contributed by atoms with Gasteiger partial charge in [-0.15, -0.1) is 0 Å². The molecule has 1 atom stereocenters. The Hall–Kier alpha value is -0.600. The second-order valence-corrected chi connectivity index (χ2v) is 3.43. The molecule has 1 amide bonds. The zero-order valence-electron chi connectivity index (χ0n) is 8.11. The summed E-state index contributed by atoms with van der Waals surface area (Å²) in [4.78, 5) is 10.8. The molecule has 12 heavy (non-hydrogen) atoms. The van der Waals surface area contributed by atoms with Crippen LogP contribution < -0.4 is 5.32 Å². The molecule has 0 spiro atoms. The number of rotatable bonds is 5. The molecule has 0 aromatic heterocycles. The van der Waals surface area contributed by atoms with Crippen molar-refractivity contribution in [2.75, 3.05) is 6.67 Å². The van der Waals surface area contributed by atoms with Crippen LogP contribution in [0.4, 0.5) is 4.39 Å². The molecule has 0 saturated carbocycles. The highest BCUT2D eigenvalue weighted by molar-refractivity contribution is 5.73. The summed E-state index contributed by atoms with van der Waals surface area (Å²) in [6.07, 6.45) is 2.19.